The lowest BCUT2D eigenvalue weighted by atomic mass is 9.94. The predicted octanol–water partition coefficient (Wildman–Crippen LogP) is 2.62. The molecule has 2 fully saturated rings. The summed E-state index contributed by atoms with van der Waals surface area (Å²) < 4.78 is 11.7. The van der Waals surface area contributed by atoms with Crippen molar-refractivity contribution in [3.8, 4) is 0 Å². The van der Waals surface area contributed by atoms with E-state index in [1.807, 2.05) is 7.11 Å². The SMILES string of the molecule is COC1CCCC(OC2CCCCCC2N)C1. The van der Waals surface area contributed by atoms with Crippen LogP contribution in [0.25, 0.3) is 0 Å². The Morgan fingerprint density at radius 3 is 2.47 bits per heavy atom. The third-order valence-corrected chi connectivity index (χ3v) is 4.28. The lowest BCUT2D eigenvalue weighted by molar-refractivity contribution is -0.0741. The Labute approximate surface area is 105 Å². The third-order valence-electron chi connectivity index (χ3n) is 4.28. The van der Waals surface area contributed by atoms with Gasteiger partial charge in [0, 0.05) is 13.2 Å². The summed E-state index contributed by atoms with van der Waals surface area (Å²) in [5.74, 6) is 0. The van der Waals surface area contributed by atoms with E-state index in [0.29, 0.717) is 12.2 Å². The van der Waals surface area contributed by atoms with E-state index in [0.717, 1.165) is 19.3 Å². The van der Waals surface area contributed by atoms with Crippen LogP contribution >= 0.6 is 0 Å². The molecular weight excluding hydrogens is 214 g/mol. The topological polar surface area (TPSA) is 44.5 Å². The van der Waals surface area contributed by atoms with Crippen molar-refractivity contribution in [3.05, 3.63) is 0 Å². The van der Waals surface area contributed by atoms with Gasteiger partial charge in [-0.2, -0.15) is 0 Å². The van der Waals surface area contributed by atoms with E-state index in [1.54, 1.807) is 0 Å². The van der Waals surface area contributed by atoms with Gasteiger partial charge in [0.1, 0.15) is 0 Å². The van der Waals surface area contributed by atoms with Gasteiger partial charge in [-0.15, -0.1) is 0 Å². The van der Waals surface area contributed by atoms with E-state index in [4.69, 9.17) is 15.2 Å². The molecule has 100 valence electrons. The summed E-state index contributed by atoms with van der Waals surface area (Å²) in [7, 11) is 1.81. The molecule has 2 saturated carbocycles. The Morgan fingerprint density at radius 1 is 0.882 bits per heavy atom. The first kappa shape index (κ1) is 13.3. The quantitative estimate of drug-likeness (QED) is 0.772. The number of hydrogen-bond acceptors (Lipinski definition) is 3. The first-order valence-corrected chi connectivity index (χ1v) is 7.23. The molecule has 0 saturated heterocycles. The monoisotopic (exact) mass is 241 g/mol. The van der Waals surface area contributed by atoms with Crippen LogP contribution < -0.4 is 5.73 Å². The second-order valence-electron chi connectivity index (χ2n) is 5.62. The van der Waals surface area contributed by atoms with Gasteiger partial charge < -0.3 is 15.2 Å². The van der Waals surface area contributed by atoms with Crippen molar-refractivity contribution in [2.45, 2.75) is 82.1 Å². The zero-order valence-electron chi connectivity index (χ0n) is 11.1. The van der Waals surface area contributed by atoms with E-state index in [1.165, 1.54) is 38.5 Å². The molecule has 0 aromatic carbocycles. The highest BCUT2D eigenvalue weighted by Crippen LogP contribution is 2.27. The largest absolute Gasteiger partial charge is 0.381 e. The molecule has 3 nitrogen and oxygen atoms in total. The normalized spacial score (nSPS) is 39.9. The molecule has 0 spiro atoms. The van der Waals surface area contributed by atoms with E-state index in [-0.39, 0.29) is 12.1 Å². The number of hydrogen-bond donors (Lipinski definition) is 1. The summed E-state index contributed by atoms with van der Waals surface area (Å²) in [6, 6.07) is 0.250. The maximum atomic E-state index is 6.25. The minimum atomic E-state index is 0.250. The first-order chi connectivity index (χ1) is 8.29. The van der Waals surface area contributed by atoms with Crippen molar-refractivity contribution < 1.29 is 9.47 Å². The van der Waals surface area contributed by atoms with Gasteiger partial charge in [-0.3, -0.25) is 0 Å². The smallest absolute Gasteiger partial charge is 0.0729 e. The van der Waals surface area contributed by atoms with E-state index in [9.17, 15) is 0 Å². The van der Waals surface area contributed by atoms with E-state index < -0.39 is 0 Å². The predicted molar refractivity (Wildman–Crippen MR) is 69.0 cm³/mol. The van der Waals surface area contributed by atoms with Gasteiger partial charge in [-0.05, 0) is 38.5 Å². The minimum absolute atomic E-state index is 0.250. The maximum absolute atomic E-state index is 6.25. The van der Waals surface area contributed by atoms with Crippen molar-refractivity contribution in [2.75, 3.05) is 7.11 Å². The van der Waals surface area contributed by atoms with Gasteiger partial charge in [0.25, 0.3) is 0 Å². The van der Waals surface area contributed by atoms with Crippen LogP contribution in [0.5, 0.6) is 0 Å². The zero-order valence-corrected chi connectivity index (χ0v) is 11.1. The molecule has 0 aliphatic heterocycles. The molecule has 2 aliphatic rings. The van der Waals surface area contributed by atoms with Crippen LogP contribution in [-0.4, -0.2) is 31.5 Å². The molecule has 0 heterocycles. The second-order valence-corrected chi connectivity index (χ2v) is 5.62. The maximum Gasteiger partial charge on any atom is 0.0729 e. The Balaban J connectivity index is 1.81. The molecule has 17 heavy (non-hydrogen) atoms. The molecule has 4 atom stereocenters. The van der Waals surface area contributed by atoms with Crippen molar-refractivity contribution in [1.29, 1.82) is 0 Å². The van der Waals surface area contributed by atoms with Crippen LogP contribution in [0.4, 0.5) is 0 Å². The lowest BCUT2D eigenvalue weighted by Crippen LogP contribution is -2.40. The van der Waals surface area contributed by atoms with Gasteiger partial charge in [-0.1, -0.05) is 19.3 Å². The van der Waals surface area contributed by atoms with Crippen LogP contribution in [0.1, 0.15) is 57.8 Å². The van der Waals surface area contributed by atoms with Gasteiger partial charge in [0.15, 0.2) is 0 Å². The van der Waals surface area contributed by atoms with E-state index >= 15 is 0 Å². The molecule has 0 radical (unpaired) electrons. The minimum Gasteiger partial charge on any atom is -0.381 e. The molecule has 4 unspecified atom stereocenters. The van der Waals surface area contributed by atoms with Crippen molar-refractivity contribution >= 4 is 0 Å². The standard InChI is InChI=1S/C14H27NO2/c1-16-11-6-5-7-12(10-11)17-14-9-4-2-3-8-13(14)15/h11-14H,2-10,15H2,1H3. The summed E-state index contributed by atoms with van der Waals surface area (Å²) in [5, 5.41) is 0. The van der Waals surface area contributed by atoms with Gasteiger partial charge in [0.2, 0.25) is 0 Å². The highest BCUT2D eigenvalue weighted by molar-refractivity contribution is 4.81. The molecule has 0 aromatic heterocycles. The van der Waals surface area contributed by atoms with Gasteiger partial charge >= 0.3 is 0 Å². The fourth-order valence-electron chi connectivity index (χ4n) is 3.16. The van der Waals surface area contributed by atoms with Crippen molar-refractivity contribution in [2.24, 2.45) is 5.73 Å². The fourth-order valence-corrected chi connectivity index (χ4v) is 3.16. The van der Waals surface area contributed by atoms with Crippen LogP contribution in [0.15, 0.2) is 0 Å². The van der Waals surface area contributed by atoms with Gasteiger partial charge in [0.05, 0.1) is 18.3 Å². The third kappa shape index (κ3) is 3.94. The van der Waals surface area contributed by atoms with Crippen LogP contribution in [-0.2, 0) is 9.47 Å². The molecule has 3 heteroatoms. The average molecular weight is 241 g/mol. The Bertz CT molecular complexity index is 222. The summed E-state index contributed by atoms with van der Waals surface area (Å²) in [5.41, 5.74) is 6.21. The number of methoxy groups -OCH3 is 1. The Kier molecular flexibility index (Phi) is 5.26. The molecule has 0 aromatic rings. The van der Waals surface area contributed by atoms with Crippen LogP contribution in [0, 0.1) is 0 Å². The lowest BCUT2D eigenvalue weighted by Gasteiger charge is -2.33. The number of nitrogens with two attached hydrogens (primary N) is 1. The average Bonchev–Trinajstić information content (AvgIpc) is 2.55. The molecule has 0 bridgehead atoms. The molecule has 2 rings (SSSR count). The zero-order chi connectivity index (χ0) is 12.1. The van der Waals surface area contributed by atoms with E-state index in [2.05, 4.69) is 0 Å². The van der Waals surface area contributed by atoms with Gasteiger partial charge in [-0.25, -0.2) is 0 Å². The molecule has 0 amide bonds. The van der Waals surface area contributed by atoms with Crippen molar-refractivity contribution in [3.63, 3.8) is 0 Å². The second kappa shape index (κ2) is 6.72. The first-order valence-electron chi connectivity index (χ1n) is 7.23. The molecule has 2 N–H and O–H groups in total. The summed E-state index contributed by atoms with van der Waals surface area (Å²) in [6.07, 6.45) is 11.9. The van der Waals surface area contributed by atoms with Crippen LogP contribution in [0.3, 0.4) is 0 Å². The highest BCUT2D eigenvalue weighted by Gasteiger charge is 2.28. The Morgan fingerprint density at radius 2 is 1.65 bits per heavy atom. The summed E-state index contributed by atoms with van der Waals surface area (Å²) in [4.78, 5) is 0. The Hall–Kier alpha value is -0.120. The molecule has 2 aliphatic carbocycles. The fraction of sp³-hybridized carbons (Fsp3) is 1.00. The van der Waals surface area contributed by atoms with Crippen molar-refractivity contribution in [1.82, 2.24) is 0 Å². The number of rotatable bonds is 3. The highest BCUT2D eigenvalue weighted by atomic mass is 16.5. The summed E-state index contributed by atoms with van der Waals surface area (Å²) >= 11 is 0. The summed E-state index contributed by atoms with van der Waals surface area (Å²) in [6.45, 7) is 0. The number of ether oxygens (including phenoxy) is 2. The van der Waals surface area contributed by atoms with Crippen LogP contribution in [0.2, 0.25) is 0 Å². The molecular formula is C14H27NO2.